The number of benzene rings is 2. The standard InChI is InChI=1S/C25H29FN4O3/c1-16-4-5-17(2)21(14-16)30-12-10-29(11-13-30)15-20-22(24(31)33-3)23(28-25(32)27-20)18-6-8-19(26)9-7-18/h4-9,14,23H,10-13,15H2,1-3H3,(H2,27,28,32)/t23-/m0/s1. The van der Waals surface area contributed by atoms with Gasteiger partial charge < -0.3 is 20.3 Å². The molecule has 0 aliphatic carbocycles. The largest absolute Gasteiger partial charge is 0.466 e. The maximum atomic E-state index is 13.4. The molecule has 0 unspecified atom stereocenters. The van der Waals surface area contributed by atoms with Crippen LogP contribution in [0.3, 0.4) is 0 Å². The van der Waals surface area contributed by atoms with Crippen LogP contribution in [0.4, 0.5) is 14.9 Å². The van der Waals surface area contributed by atoms with Crippen molar-refractivity contribution in [1.82, 2.24) is 15.5 Å². The number of methoxy groups -OCH3 is 1. The van der Waals surface area contributed by atoms with E-state index in [1.807, 2.05) is 0 Å². The Morgan fingerprint density at radius 2 is 1.79 bits per heavy atom. The molecule has 2 N–H and O–H groups in total. The molecule has 7 nitrogen and oxygen atoms in total. The molecule has 2 heterocycles. The van der Waals surface area contributed by atoms with Gasteiger partial charge in [0, 0.05) is 44.1 Å². The lowest BCUT2D eigenvalue weighted by Crippen LogP contribution is -2.51. The van der Waals surface area contributed by atoms with Gasteiger partial charge in [-0.2, -0.15) is 0 Å². The highest BCUT2D eigenvalue weighted by Crippen LogP contribution is 2.29. The van der Waals surface area contributed by atoms with Crippen molar-refractivity contribution in [3.05, 3.63) is 76.2 Å². The summed E-state index contributed by atoms with van der Waals surface area (Å²) < 4.78 is 18.5. The maximum Gasteiger partial charge on any atom is 0.338 e. The number of ether oxygens (including phenoxy) is 1. The monoisotopic (exact) mass is 452 g/mol. The Bertz CT molecular complexity index is 1080. The zero-order valence-electron chi connectivity index (χ0n) is 19.2. The molecule has 0 bridgehead atoms. The molecule has 1 fully saturated rings. The lowest BCUT2D eigenvalue weighted by atomic mass is 9.95. The number of rotatable bonds is 5. The molecule has 2 aliphatic rings. The van der Waals surface area contributed by atoms with Gasteiger partial charge in [0.05, 0.1) is 18.7 Å². The molecular weight excluding hydrogens is 423 g/mol. The smallest absolute Gasteiger partial charge is 0.338 e. The Morgan fingerprint density at radius 3 is 2.45 bits per heavy atom. The summed E-state index contributed by atoms with van der Waals surface area (Å²) in [5, 5.41) is 5.57. The number of carbonyl (C=O) groups excluding carboxylic acids is 2. The van der Waals surface area contributed by atoms with E-state index in [1.165, 1.54) is 36.1 Å². The summed E-state index contributed by atoms with van der Waals surface area (Å²) in [6.07, 6.45) is 0. The van der Waals surface area contributed by atoms with Crippen molar-refractivity contribution in [3.8, 4) is 0 Å². The van der Waals surface area contributed by atoms with Crippen LogP contribution in [0.2, 0.25) is 0 Å². The molecule has 2 aromatic carbocycles. The second-order valence-electron chi connectivity index (χ2n) is 8.52. The summed E-state index contributed by atoms with van der Waals surface area (Å²) in [6, 6.07) is 11.1. The number of aryl methyl sites for hydroxylation is 2. The summed E-state index contributed by atoms with van der Waals surface area (Å²) in [7, 11) is 1.31. The number of urea groups is 1. The average Bonchev–Trinajstić information content (AvgIpc) is 2.81. The SMILES string of the molecule is COC(=O)C1=C(CN2CCN(c3cc(C)ccc3C)CC2)NC(=O)N[C@H]1c1ccc(F)cc1. The predicted molar refractivity (Wildman–Crippen MR) is 124 cm³/mol. The number of esters is 1. The van der Waals surface area contributed by atoms with E-state index in [0.29, 0.717) is 23.4 Å². The van der Waals surface area contributed by atoms with Crippen LogP contribution in [0.25, 0.3) is 0 Å². The van der Waals surface area contributed by atoms with Gasteiger partial charge in [-0.15, -0.1) is 0 Å². The molecule has 0 aromatic heterocycles. The van der Waals surface area contributed by atoms with Crippen molar-refractivity contribution in [1.29, 1.82) is 0 Å². The minimum Gasteiger partial charge on any atom is -0.466 e. The highest BCUT2D eigenvalue weighted by molar-refractivity contribution is 5.95. The highest BCUT2D eigenvalue weighted by atomic mass is 19.1. The van der Waals surface area contributed by atoms with Crippen LogP contribution in [-0.4, -0.2) is 56.7 Å². The molecule has 0 saturated carbocycles. The van der Waals surface area contributed by atoms with Crippen LogP contribution >= 0.6 is 0 Å². The number of hydrogen-bond acceptors (Lipinski definition) is 5. The fourth-order valence-corrected chi connectivity index (χ4v) is 4.43. The predicted octanol–water partition coefficient (Wildman–Crippen LogP) is 3.05. The molecule has 33 heavy (non-hydrogen) atoms. The van der Waals surface area contributed by atoms with Crippen molar-refractivity contribution in [2.45, 2.75) is 19.9 Å². The highest BCUT2D eigenvalue weighted by Gasteiger charge is 2.34. The van der Waals surface area contributed by atoms with Crippen molar-refractivity contribution >= 4 is 17.7 Å². The van der Waals surface area contributed by atoms with Crippen molar-refractivity contribution in [2.75, 3.05) is 44.7 Å². The second kappa shape index (κ2) is 9.62. The normalized spacial score (nSPS) is 19.2. The number of hydrogen-bond donors (Lipinski definition) is 2. The second-order valence-corrected chi connectivity index (χ2v) is 8.52. The molecule has 2 aliphatic heterocycles. The van der Waals surface area contributed by atoms with Crippen LogP contribution in [0, 0.1) is 19.7 Å². The van der Waals surface area contributed by atoms with Crippen LogP contribution in [-0.2, 0) is 9.53 Å². The van der Waals surface area contributed by atoms with Gasteiger partial charge in [0.2, 0.25) is 0 Å². The van der Waals surface area contributed by atoms with Gasteiger partial charge in [0.25, 0.3) is 0 Å². The topological polar surface area (TPSA) is 73.9 Å². The van der Waals surface area contributed by atoms with Crippen molar-refractivity contribution in [3.63, 3.8) is 0 Å². The Kier molecular flexibility index (Phi) is 6.65. The molecule has 1 saturated heterocycles. The average molecular weight is 453 g/mol. The minimum absolute atomic E-state index is 0.334. The molecule has 0 radical (unpaired) electrons. The summed E-state index contributed by atoms with van der Waals surface area (Å²) in [6.45, 7) is 7.89. The fourth-order valence-electron chi connectivity index (χ4n) is 4.43. The summed E-state index contributed by atoms with van der Waals surface area (Å²) in [4.78, 5) is 29.7. The minimum atomic E-state index is -0.710. The number of amides is 2. The zero-order valence-corrected chi connectivity index (χ0v) is 19.2. The van der Waals surface area contributed by atoms with E-state index in [1.54, 1.807) is 12.1 Å². The molecule has 2 aromatic rings. The lowest BCUT2D eigenvalue weighted by Gasteiger charge is -2.38. The number of piperazine rings is 1. The molecule has 174 valence electrons. The van der Waals surface area contributed by atoms with Gasteiger partial charge in [-0.1, -0.05) is 24.3 Å². The van der Waals surface area contributed by atoms with E-state index in [0.717, 1.165) is 26.2 Å². The number of nitrogens with one attached hydrogen (secondary N) is 2. The maximum absolute atomic E-state index is 13.4. The van der Waals surface area contributed by atoms with E-state index in [4.69, 9.17) is 4.74 Å². The molecular formula is C25H29FN4O3. The van der Waals surface area contributed by atoms with Gasteiger partial charge in [0.1, 0.15) is 5.82 Å². The van der Waals surface area contributed by atoms with Gasteiger partial charge in [0.15, 0.2) is 0 Å². The Morgan fingerprint density at radius 1 is 1.09 bits per heavy atom. The first-order valence-electron chi connectivity index (χ1n) is 11.0. The lowest BCUT2D eigenvalue weighted by molar-refractivity contribution is -0.136. The first-order valence-corrected chi connectivity index (χ1v) is 11.0. The van der Waals surface area contributed by atoms with E-state index in [9.17, 15) is 14.0 Å². The summed E-state index contributed by atoms with van der Waals surface area (Å²) in [5.41, 5.74) is 5.19. The first kappa shape index (κ1) is 22.8. The van der Waals surface area contributed by atoms with E-state index in [-0.39, 0.29) is 5.82 Å². The molecule has 4 rings (SSSR count). The van der Waals surface area contributed by atoms with Gasteiger partial charge in [-0.25, -0.2) is 14.0 Å². The van der Waals surface area contributed by atoms with Gasteiger partial charge in [-0.05, 0) is 48.7 Å². The molecule has 8 heteroatoms. The third kappa shape index (κ3) is 5.01. The molecule has 0 spiro atoms. The van der Waals surface area contributed by atoms with E-state index < -0.39 is 18.0 Å². The quantitative estimate of drug-likeness (QED) is 0.683. The first-order chi connectivity index (χ1) is 15.9. The van der Waals surface area contributed by atoms with E-state index >= 15 is 0 Å². The van der Waals surface area contributed by atoms with Crippen LogP contribution in [0.15, 0.2) is 53.7 Å². The number of carbonyl (C=O) groups is 2. The van der Waals surface area contributed by atoms with Crippen LogP contribution in [0.5, 0.6) is 0 Å². The number of nitrogens with zero attached hydrogens (tertiary/aromatic N) is 2. The number of halogens is 1. The third-order valence-corrected chi connectivity index (χ3v) is 6.22. The summed E-state index contributed by atoms with van der Waals surface area (Å²) >= 11 is 0. The Hall–Kier alpha value is -3.39. The van der Waals surface area contributed by atoms with Gasteiger partial charge in [-0.3, -0.25) is 4.90 Å². The zero-order chi connectivity index (χ0) is 23.5. The van der Waals surface area contributed by atoms with Gasteiger partial charge >= 0.3 is 12.0 Å². The Balaban J connectivity index is 1.54. The molecule has 1 atom stereocenters. The Labute approximate surface area is 193 Å². The van der Waals surface area contributed by atoms with Crippen LogP contribution < -0.4 is 15.5 Å². The third-order valence-electron chi connectivity index (χ3n) is 6.22. The number of anilines is 1. The van der Waals surface area contributed by atoms with Crippen LogP contribution in [0.1, 0.15) is 22.7 Å². The van der Waals surface area contributed by atoms with Crippen molar-refractivity contribution in [2.24, 2.45) is 0 Å². The van der Waals surface area contributed by atoms with Crippen molar-refractivity contribution < 1.29 is 18.7 Å². The molecule has 2 amide bonds. The fraction of sp³-hybridized carbons (Fsp3) is 0.360. The van der Waals surface area contributed by atoms with E-state index in [2.05, 4.69) is 52.5 Å². The summed E-state index contributed by atoms with van der Waals surface area (Å²) in [5.74, 6) is -0.912.